The van der Waals surface area contributed by atoms with Gasteiger partial charge in [0.05, 0.1) is 5.52 Å². The SMILES string of the molecule is Ic1cccc2ncc3ccccc3c12. The third kappa shape index (κ3) is 1.40. The van der Waals surface area contributed by atoms with Crippen LogP contribution >= 0.6 is 22.6 Å². The summed E-state index contributed by atoms with van der Waals surface area (Å²) in [6.45, 7) is 0. The van der Waals surface area contributed by atoms with Crippen molar-refractivity contribution in [2.24, 2.45) is 0 Å². The van der Waals surface area contributed by atoms with E-state index in [1.807, 2.05) is 18.3 Å². The minimum absolute atomic E-state index is 1.07. The second kappa shape index (κ2) is 3.45. The van der Waals surface area contributed by atoms with Gasteiger partial charge in [0.2, 0.25) is 0 Å². The minimum Gasteiger partial charge on any atom is -0.256 e. The second-order valence-electron chi connectivity index (χ2n) is 3.48. The van der Waals surface area contributed by atoms with Gasteiger partial charge in [0, 0.05) is 20.5 Å². The van der Waals surface area contributed by atoms with Gasteiger partial charge in [-0.15, -0.1) is 0 Å². The largest absolute Gasteiger partial charge is 0.256 e. The van der Waals surface area contributed by atoms with Gasteiger partial charge in [-0.2, -0.15) is 0 Å². The first kappa shape index (κ1) is 9.09. The highest BCUT2D eigenvalue weighted by atomic mass is 127. The van der Waals surface area contributed by atoms with Gasteiger partial charge in [-0.05, 0) is 40.1 Å². The lowest BCUT2D eigenvalue weighted by atomic mass is 10.1. The molecule has 0 saturated carbocycles. The van der Waals surface area contributed by atoms with Gasteiger partial charge in [-0.1, -0.05) is 30.3 Å². The van der Waals surface area contributed by atoms with Crippen LogP contribution < -0.4 is 0 Å². The molecule has 15 heavy (non-hydrogen) atoms. The average molecular weight is 305 g/mol. The fourth-order valence-electron chi connectivity index (χ4n) is 1.86. The van der Waals surface area contributed by atoms with Crippen molar-refractivity contribution in [3.05, 3.63) is 52.2 Å². The van der Waals surface area contributed by atoms with E-state index in [1.54, 1.807) is 0 Å². The maximum absolute atomic E-state index is 4.47. The summed E-state index contributed by atoms with van der Waals surface area (Å²) in [5.41, 5.74) is 1.07. The summed E-state index contributed by atoms with van der Waals surface area (Å²) in [5.74, 6) is 0. The van der Waals surface area contributed by atoms with E-state index >= 15 is 0 Å². The van der Waals surface area contributed by atoms with Crippen molar-refractivity contribution in [1.82, 2.24) is 4.98 Å². The molecule has 0 amide bonds. The lowest BCUT2D eigenvalue weighted by Gasteiger charge is -2.04. The summed E-state index contributed by atoms with van der Waals surface area (Å²) in [6, 6.07) is 14.6. The van der Waals surface area contributed by atoms with Crippen LogP contribution in [0.1, 0.15) is 0 Å². The Kier molecular flexibility index (Phi) is 2.09. The third-order valence-corrected chi connectivity index (χ3v) is 3.46. The van der Waals surface area contributed by atoms with Crippen molar-refractivity contribution >= 4 is 44.3 Å². The molecule has 0 unspecified atom stereocenters. The van der Waals surface area contributed by atoms with Crippen molar-refractivity contribution in [2.75, 3.05) is 0 Å². The Morgan fingerprint density at radius 2 is 1.80 bits per heavy atom. The number of rotatable bonds is 0. The van der Waals surface area contributed by atoms with Gasteiger partial charge in [-0.3, -0.25) is 4.98 Å². The normalized spacial score (nSPS) is 11.0. The topological polar surface area (TPSA) is 12.9 Å². The van der Waals surface area contributed by atoms with E-state index in [0.29, 0.717) is 0 Å². The highest BCUT2D eigenvalue weighted by molar-refractivity contribution is 14.1. The molecule has 0 saturated heterocycles. The number of nitrogens with zero attached hydrogens (tertiary/aromatic N) is 1. The lowest BCUT2D eigenvalue weighted by molar-refractivity contribution is 1.44. The summed E-state index contributed by atoms with van der Waals surface area (Å²) in [4.78, 5) is 4.47. The van der Waals surface area contributed by atoms with E-state index in [9.17, 15) is 0 Å². The fourth-order valence-corrected chi connectivity index (χ4v) is 2.64. The Morgan fingerprint density at radius 1 is 0.933 bits per heavy atom. The van der Waals surface area contributed by atoms with Crippen LogP contribution in [0.4, 0.5) is 0 Å². The summed E-state index contributed by atoms with van der Waals surface area (Å²) >= 11 is 2.37. The van der Waals surface area contributed by atoms with E-state index in [2.05, 4.69) is 57.9 Å². The molecule has 0 aliphatic carbocycles. The van der Waals surface area contributed by atoms with Gasteiger partial charge >= 0.3 is 0 Å². The van der Waals surface area contributed by atoms with E-state index < -0.39 is 0 Å². The predicted octanol–water partition coefficient (Wildman–Crippen LogP) is 3.99. The van der Waals surface area contributed by atoms with Crippen LogP contribution in [0.3, 0.4) is 0 Å². The predicted molar refractivity (Wildman–Crippen MR) is 72.0 cm³/mol. The number of fused-ring (bicyclic) bond motifs is 3. The zero-order valence-electron chi connectivity index (χ0n) is 7.94. The van der Waals surface area contributed by atoms with Crippen LogP contribution in [0.2, 0.25) is 0 Å². The van der Waals surface area contributed by atoms with Crippen molar-refractivity contribution in [2.45, 2.75) is 0 Å². The Labute approximate surface area is 101 Å². The molecule has 0 atom stereocenters. The Hall–Kier alpha value is -1.16. The Morgan fingerprint density at radius 3 is 2.73 bits per heavy atom. The molecule has 0 radical (unpaired) electrons. The molecular weight excluding hydrogens is 297 g/mol. The Bertz CT molecular complexity index is 646. The smallest absolute Gasteiger partial charge is 0.0719 e. The molecule has 0 bridgehead atoms. The van der Waals surface area contributed by atoms with E-state index in [1.165, 1.54) is 19.7 Å². The zero-order chi connectivity index (χ0) is 10.3. The van der Waals surface area contributed by atoms with Gasteiger partial charge in [0.25, 0.3) is 0 Å². The lowest BCUT2D eigenvalue weighted by Crippen LogP contribution is -1.84. The number of hydrogen-bond donors (Lipinski definition) is 0. The van der Waals surface area contributed by atoms with Gasteiger partial charge in [0.15, 0.2) is 0 Å². The highest BCUT2D eigenvalue weighted by Gasteiger charge is 2.03. The number of pyridine rings is 1. The molecule has 2 heteroatoms. The molecule has 3 rings (SSSR count). The van der Waals surface area contributed by atoms with E-state index in [4.69, 9.17) is 0 Å². The molecule has 0 aliphatic heterocycles. The van der Waals surface area contributed by atoms with Crippen molar-refractivity contribution in [3.63, 3.8) is 0 Å². The molecule has 2 aromatic carbocycles. The third-order valence-electron chi connectivity index (χ3n) is 2.56. The first-order valence-corrected chi connectivity index (χ1v) is 5.86. The molecule has 1 nitrogen and oxygen atoms in total. The number of hydrogen-bond acceptors (Lipinski definition) is 1. The van der Waals surface area contributed by atoms with Crippen LogP contribution in [0.25, 0.3) is 21.7 Å². The van der Waals surface area contributed by atoms with E-state index in [-0.39, 0.29) is 0 Å². The zero-order valence-corrected chi connectivity index (χ0v) is 10.1. The first-order valence-electron chi connectivity index (χ1n) is 4.78. The number of aromatic nitrogens is 1. The van der Waals surface area contributed by atoms with Crippen LogP contribution in [-0.2, 0) is 0 Å². The molecule has 0 aliphatic rings. The summed E-state index contributed by atoms with van der Waals surface area (Å²) in [6.07, 6.45) is 1.94. The Balaban J connectivity index is 2.64. The monoisotopic (exact) mass is 305 g/mol. The summed E-state index contributed by atoms with van der Waals surface area (Å²) in [7, 11) is 0. The molecular formula is C13H8IN. The van der Waals surface area contributed by atoms with Crippen LogP contribution in [0, 0.1) is 3.57 Å². The second-order valence-corrected chi connectivity index (χ2v) is 4.64. The summed E-state index contributed by atoms with van der Waals surface area (Å²) < 4.78 is 1.26. The fraction of sp³-hybridized carbons (Fsp3) is 0. The summed E-state index contributed by atoms with van der Waals surface area (Å²) in [5, 5.41) is 3.75. The molecule has 1 aromatic heterocycles. The van der Waals surface area contributed by atoms with Crippen molar-refractivity contribution in [1.29, 1.82) is 0 Å². The van der Waals surface area contributed by atoms with Crippen LogP contribution in [0.5, 0.6) is 0 Å². The highest BCUT2D eigenvalue weighted by Crippen LogP contribution is 2.27. The maximum Gasteiger partial charge on any atom is 0.0719 e. The van der Waals surface area contributed by atoms with Gasteiger partial charge in [-0.25, -0.2) is 0 Å². The molecule has 3 aromatic rings. The maximum atomic E-state index is 4.47. The first-order chi connectivity index (χ1) is 7.36. The number of halogens is 1. The molecule has 72 valence electrons. The molecule has 1 heterocycles. The molecule has 0 spiro atoms. The molecule has 0 fully saturated rings. The molecule has 0 N–H and O–H groups in total. The van der Waals surface area contributed by atoms with Crippen molar-refractivity contribution in [3.8, 4) is 0 Å². The number of benzene rings is 2. The standard InChI is InChI=1S/C13H8IN/c14-11-6-3-7-12-13(11)10-5-2-1-4-9(10)8-15-12/h1-8H. The van der Waals surface area contributed by atoms with Crippen LogP contribution in [-0.4, -0.2) is 4.98 Å². The van der Waals surface area contributed by atoms with Crippen LogP contribution in [0.15, 0.2) is 48.7 Å². The quantitative estimate of drug-likeness (QED) is 0.452. The minimum atomic E-state index is 1.07. The van der Waals surface area contributed by atoms with E-state index in [0.717, 1.165) is 5.52 Å². The van der Waals surface area contributed by atoms with Gasteiger partial charge in [0.1, 0.15) is 0 Å². The van der Waals surface area contributed by atoms with Crippen molar-refractivity contribution < 1.29 is 0 Å². The van der Waals surface area contributed by atoms with Gasteiger partial charge < -0.3 is 0 Å². The average Bonchev–Trinajstić information content (AvgIpc) is 2.29.